The lowest BCUT2D eigenvalue weighted by Crippen LogP contribution is -2.27. The van der Waals surface area contributed by atoms with E-state index in [1.807, 2.05) is 20.8 Å². The van der Waals surface area contributed by atoms with E-state index in [9.17, 15) is 14.4 Å². The zero-order valence-corrected chi connectivity index (χ0v) is 15.0. The van der Waals surface area contributed by atoms with E-state index in [-0.39, 0.29) is 24.6 Å². The third-order valence-electron chi connectivity index (χ3n) is 3.56. The Hall–Kier alpha value is -2.41. The summed E-state index contributed by atoms with van der Waals surface area (Å²) in [5.74, 6) is -0.822. The van der Waals surface area contributed by atoms with Gasteiger partial charge in [-0.1, -0.05) is 6.07 Å². The fourth-order valence-electron chi connectivity index (χ4n) is 2.26. The van der Waals surface area contributed by atoms with Crippen molar-refractivity contribution in [1.29, 1.82) is 0 Å². The summed E-state index contributed by atoms with van der Waals surface area (Å²) >= 11 is 1.32. The normalized spacial score (nSPS) is 10.5. The average Bonchev–Trinajstić information content (AvgIpc) is 2.77. The molecule has 1 amide bonds. The number of aromatic nitrogens is 1. The van der Waals surface area contributed by atoms with Crippen LogP contribution in [-0.4, -0.2) is 23.1 Å². The highest BCUT2D eigenvalue weighted by Crippen LogP contribution is 2.33. The number of hydrogen-bond donors (Lipinski definition) is 1. The number of ether oxygens (including phenoxy) is 1. The van der Waals surface area contributed by atoms with Crippen molar-refractivity contribution in [3.63, 3.8) is 0 Å². The van der Waals surface area contributed by atoms with E-state index in [4.69, 9.17) is 4.74 Å². The van der Waals surface area contributed by atoms with Crippen molar-refractivity contribution in [2.45, 2.75) is 34.2 Å². The van der Waals surface area contributed by atoms with E-state index in [0.29, 0.717) is 10.6 Å². The molecule has 0 fully saturated rings. The van der Waals surface area contributed by atoms with Crippen LogP contribution >= 0.6 is 11.3 Å². The molecule has 0 saturated heterocycles. The number of thiophene rings is 1. The molecule has 0 aliphatic rings. The van der Waals surface area contributed by atoms with Gasteiger partial charge in [-0.2, -0.15) is 0 Å². The molecule has 2 heterocycles. The molecule has 2 rings (SSSR count). The molecule has 0 atom stereocenters. The number of esters is 1. The Labute approximate surface area is 144 Å². The summed E-state index contributed by atoms with van der Waals surface area (Å²) in [6, 6.07) is 3.12. The molecule has 7 heteroatoms. The van der Waals surface area contributed by atoms with Crippen molar-refractivity contribution in [1.82, 2.24) is 4.57 Å². The van der Waals surface area contributed by atoms with Crippen LogP contribution in [0.5, 0.6) is 0 Å². The third-order valence-corrected chi connectivity index (χ3v) is 4.69. The number of hydrogen-bond acceptors (Lipinski definition) is 5. The van der Waals surface area contributed by atoms with Crippen molar-refractivity contribution in [3.05, 3.63) is 50.3 Å². The molecule has 0 radical (unpaired) electrons. The van der Waals surface area contributed by atoms with Gasteiger partial charge >= 0.3 is 5.97 Å². The predicted molar refractivity (Wildman–Crippen MR) is 93.8 cm³/mol. The van der Waals surface area contributed by atoms with Gasteiger partial charge in [-0.05, 0) is 38.8 Å². The second-order valence-electron chi connectivity index (χ2n) is 5.43. The molecule has 0 saturated carbocycles. The molecule has 0 unspecified atom stereocenters. The Kier molecular flexibility index (Phi) is 5.56. The molecule has 128 valence electrons. The smallest absolute Gasteiger partial charge is 0.341 e. The van der Waals surface area contributed by atoms with Gasteiger partial charge in [-0.3, -0.25) is 9.59 Å². The maximum atomic E-state index is 12.3. The number of carbonyl (C=O) groups is 2. The van der Waals surface area contributed by atoms with Crippen LogP contribution in [0.25, 0.3) is 0 Å². The Morgan fingerprint density at radius 3 is 2.62 bits per heavy atom. The van der Waals surface area contributed by atoms with E-state index >= 15 is 0 Å². The van der Waals surface area contributed by atoms with Gasteiger partial charge in [-0.25, -0.2) is 4.79 Å². The van der Waals surface area contributed by atoms with E-state index in [1.165, 1.54) is 22.0 Å². The molecule has 2 aromatic heterocycles. The van der Waals surface area contributed by atoms with Crippen LogP contribution in [0.3, 0.4) is 0 Å². The van der Waals surface area contributed by atoms with Crippen molar-refractivity contribution >= 4 is 28.2 Å². The molecule has 6 nitrogen and oxygen atoms in total. The standard InChI is InChI=1S/C17H20N2O4S/c1-5-23-17(22)15-11(3)12(4)24-16(15)18-13(20)9-19-8-10(2)6-7-14(19)21/h6-8H,5,9H2,1-4H3,(H,18,20). The number of rotatable bonds is 5. The minimum absolute atomic E-state index is 0.112. The molecule has 1 N–H and O–H groups in total. The first-order valence-electron chi connectivity index (χ1n) is 7.57. The van der Waals surface area contributed by atoms with Crippen LogP contribution in [0, 0.1) is 20.8 Å². The molecule has 0 aliphatic heterocycles. The SMILES string of the molecule is CCOC(=O)c1c(NC(=O)Cn2cc(C)ccc2=O)sc(C)c1C. The van der Waals surface area contributed by atoms with E-state index in [2.05, 4.69) is 5.32 Å². The first-order valence-corrected chi connectivity index (χ1v) is 8.39. The number of amides is 1. The largest absolute Gasteiger partial charge is 0.462 e. The minimum atomic E-state index is -0.456. The van der Waals surface area contributed by atoms with E-state index in [0.717, 1.165) is 16.0 Å². The number of nitrogens with one attached hydrogen (secondary N) is 1. The molecular weight excluding hydrogens is 328 g/mol. The van der Waals surface area contributed by atoms with Crippen LogP contribution in [0.1, 0.15) is 33.3 Å². The quantitative estimate of drug-likeness (QED) is 0.843. The van der Waals surface area contributed by atoms with Crippen LogP contribution in [-0.2, 0) is 16.1 Å². The second-order valence-corrected chi connectivity index (χ2v) is 6.65. The molecule has 24 heavy (non-hydrogen) atoms. The highest BCUT2D eigenvalue weighted by molar-refractivity contribution is 7.16. The summed E-state index contributed by atoms with van der Waals surface area (Å²) in [6.07, 6.45) is 1.62. The lowest BCUT2D eigenvalue weighted by atomic mass is 10.1. The Morgan fingerprint density at radius 2 is 1.96 bits per heavy atom. The Balaban J connectivity index is 2.23. The highest BCUT2D eigenvalue weighted by atomic mass is 32.1. The first kappa shape index (κ1) is 17.9. The number of aryl methyl sites for hydroxylation is 2. The van der Waals surface area contributed by atoms with Crippen molar-refractivity contribution in [2.24, 2.45) is 0 Å². The van der Waals surface area contributed by atoms with Crippen molar-refractivity contribution < 1.29 is 14.3 Å². The third kappa shape index (κ3) is 3.91. The predicted octanol–water partition coefficient (Wildman–Crippen LogP) is 2.65. The number of anilines is 1. The summed E-state index contributed by atoms with van der Waals surface area (Å²) in [5, 5.41) is 3.18. The van der Waals surface area contributed by atoms with E-state index in [1.54, 1.807) is 19.2 Å². The monoisotopic (exact) mass is 348 g/mol. The van der Waals surface area contributed by atoms with Gasteiger partial charge in [0.2, 0.25) is 5.91 Å². The summed E-state index contributed by atoms with van der Waals surface area (Å²) in [4.78, 5) is 37.1. The topological polar surface area (TPSA) is 77.4 Å². The van der Waals surface area contributed by atoms with E-state index < -0.39 is 5.97 Å². The van der Waals surface area contributed by atoms with Gasteiger partial charge in [-0.15, -0.1) is 11.3 Å². The van der Waals surface area contributed by atoms with Crippen LogP contribution in [0.2, 0.25) is 0 Å². The van der Waals surface area contributed by atoms with Gasteiger partial charge in [0.15, 0.2) is 0 Å². The molecule has 2 aromatic rings. The van der Waals surface area contributed by atoms with Gasteiger partial charge in [0.1, 0.15) is 11.5 Å². The van der Waals surface area contributed by atoms with Crippen LogP contribution in [0.15, 0.2) is 23.1 Å². The van der Waals surface area contributed by atoms with Crippen LogP contribution in [0.4, 0.5) is 5.00 Å². The average molecular weight is 348 g/mol. The molecule has 0 aliphatic carbocycles. The summed E-state index contributed by atoms with van der Waals surface area (Å²) in [6.45, 7) is 7.42. The summed E-state index contributed by atoms with van der Waals surface area (Å²) < 4.78 is 6.39. The van der Waals surface area contributed by atoms with Crippen LogP contribution < -0.4 is 10.9 Å². The lowest BCUT2D eigenvalue weighted by molar-refractivity contribution is -0.116. The summed E-state index contributed by atoms with van der Waals surface area (Å²) in [7, 11) is 0. The Bertz CT molecular complexity index is 836. The lowest BCUT2D eigenvalue weighted by Gasteiger charge is -2.09. The minimum Gasteiger partial charge on any atom is -0.462 e. The number of pyridine rings is 1. The molecule has 0 bridgehead atoms. The fourth-order valence-corrected chi connectivity index (χ4v) is 3.32. The zero-order valence-electron chi connectivity index (χ0n) is 14.1. The first-order chi connectivity index (χ1) is 11.3. The second kappa shape index (κ2) is 7.44. The van der Waals surface area contributed by atoms with Gasteiger partial charge in [0.05, 0.1) is 12.2 Å². The van der Waals surface area contributed by atoms with Gasteiger partial charge < -0.3 is 14.6 Å². The zero-order chi connectivity index (χ0) is 17.9. The molecule has 0 spiro atoms. The highest BCUT2D eigenvalue weighted by Gasteiger charge is 2.22. The maximum Gasteiger partial charge on any atom is 0.341 e. The Morgan fingerprint density at radius 1 is 1.25 bits per heavy atom. The number of nitrogens with zero attached hydrogens (tertiary/aromatic N) is 1. The number of carbonyl (C=O) groups excluding carboxylic acids is 2. The van der Waals surface area contributed by atoms with Crippen molar-refractivity contribution in [2.75, 3.05) is 11.9 Å². The van der Waals surface area contributed by atoms with Crippen molar-refractivity contribution in [3.8, 4) is 0 Å². The maximum absolute atomic E-state index is 12.3. The summed E-state index contributed by atoms with van der Waals surface area (Å²) in [5.41, 5.74) is 1.81. The molecular formula is C17H20N2O4S. The van der Waals surface area contributed by atoms with Gasteiger partial charge in [0.25, 0.3) is 5.56 Å². The van der Waals surface area contributed by atoms with Gasteiger partial charge in [0, 0.05) is 17.1 Å². The fraction of sp³-hybridized carbons (Fsp3) is 0.353. The molecule has 0 aromatic carbocycles.